The van der Waals surface area contributed by atoms with E-state index in [0.29, 0.717) is 0 Å². The zero-order valence-corrected chi connectivity index (χ0v) is 15.8. The van der Waals surface area contributed by atoms with Crippen LogP contribution >= 0.6 is 24.2 Å². The normalized spacial score (nSPS) is 31.9. The molecular weight excluding hydrogens is 372 g/mol. The maximum absolute atomic E-state index is 13.2. The van der Waals surface area contributed by atoms with Crippen LogP contribution < -0.4 is 10.6 Å². The molecule has 3 fully saturated rings. The molecule has 2 amide bonds. The lowest BCUT2D eigenvalue weighted by molar-refractivity contribution is -0.136. The summed E-state index contributed by atoms with van der Waals surface area (Å²) in [5, 5.41) is 5.46. The number of amides is 2. The second kappa shape index (κ2) is 8.86. The summed E-state index contributed by atoms with van der Waals surface area (Å²) < 4.78 is 26.3. The largest absolute Gasteiger partial charge is 0.352 e. The Morgan fingerprint density at radius 3 is 2.32 bits per heavy atom. The van der Waals surface area contributed by atoms with Gasteiger partial charge in [0, 0.05) is 43.0 Å². The zero-order valence-electron chi connectivity index (χ0n) is 14.1. The third-order valence-corrected chi connectivity index (χ3v) is 6.11. The van der Waals surface area contributed by atoms with Crippen LogP contribution in [0.25, 0.3) is 0 Å². The molecule has 2 saturated heterocycles. The predicted octanol–water partition coefficient (Wildman–Crippen LogP) is 1.66. The summed E-state index contributed by atoms with van der Waals surface area (Å²) in [6.45, 7) is 1.24. The molecule has 3 rings (SSSR count). The molecule has 1 atom stereocenters. The number of nitrogens with zero attached hydrogens (tertiary/aromatic N) is 1. The van der Waals surface area contributed by atoms with Crippen molar-refractivity contribution in [1.82, 2.24) is 15.5 Å². The lowest BCUT2D eigenvalue weighted by Crippen LogP contribution is -2.48. The van der Waals surface area contributed by atoms with Crippen LogP contribution in [0.2, 0.25) is 0 Å². The first-order valence-electron chi connectivity index (χ1n) is 8.73. The molecule has 25 heavy (non-hydrogen) atoms. The Balaban J connectivity index is 0.00000225. The smallest absolute Gasteiger partial charge is 0.262 e. The Morgan fingerprint density at radius 2 is 1.76 bits per heavy atom. The maximum Gasteiger partial charge on any atom is 0.262 e. The van der Waals surface area contributed by atoms with Gasteiger partial charge in [0.15, 0.2) is 0 Å². The standard InChI is InChI=1S/C16H25F2N3O2S.ClH/c17-16(18)9-13(19-10-16)14(22)20-12-3-1-11(2-4-12)15(23)21-5-7-24-8-6-21;/h11-13,19H,1-10H2,(H,20,22);1H. The van der Waals surface area contributed by atoms with Gasteiger partial charge in [0.05, 0.1) is 12.6 Å². The SMILES string of the molecule is Cl.O=C(NC1CCC(C(=O)N2CCSCC2)CC1)C1CC(F)(F)CN1. The quantitative estimate of drug-likeness (QED) is 0.760. The molecule has 3 aliphatic rings. The minimum absolute atomic E-state index is 0. The zero-order chi connectivity index (χ0) is 17.2. The first kappa shape index (κ1) is 20.7. The molecule has 2 heterocycles. The topological polar surface area (TPSA) is 61.4 Å². The van der Waals surface area contributed by atoms with Crippen LogP contribution in [0.3, 0.4) is 0 Å². The van der Waals surface area contributed by atoms with Crippen molar-refractivity contribution in [3.05, 3.63) is 0 Å². The van der Waals surface area contributed by atoms with Crippen molar-refractivity contribution >= 4 is 36.0 Å². The highest BCUT2D eigenvalue weighted by Gasteiger charge is 2.42. The highest BCUT2D eigenvalue weighted by molar-refractivity contribution is 7.99. The summed E-state index contributed by atoms with van der Waals surface area (Å²) >= 11 is 1.88. The molecule has 144 valence electrons. The molecule has 2 aliphatic heterocycles. The molecule has 1 aliphatic carbocycles. The molecule has 0 radical (unpaired) electrons. The molecule has 9 heteroatoms. The first-order valence-corrected chi connectivity index (χ1v) is 9.88. The Morgan fingerprint density at radius 1 is 1.12 bits per heavy atom. The molecule has 5 nitrogen and oxygen atoms in total. The van der Waals surface area contributed by atoms with Gasteiger partial charge in [-0.05, 0) is 25.7 Å². The number of hydrogen-bond donors (Lipinski definition) is 2. The van der Waals surface area contributed by atoms with E-state index in [2.05, 4.69) is 10.6 Å². The summed E-state index contributed by atoms with van der Waals surface area (Å²) in [4.78, 5) is 26.5. The summed E-state index contributed by atoms with van der Waals surface area (Å²) in [5.74, 6) is -0.812. The van der Waals surface area contributed by atoms with E-state index in [1.54, 1.807) is 0 Å². The Bertz CT molecular complexity index is 484. The third-order valence-electron chi connectivity index (χ3n) is 5.17. The fraction of sp³-hybridized carbons (Fsp3) is 0.875. The van der Waals surface area contributed by atoms with Crippen LogP contribution in [0.4, 0.5) is 8.78 Å². The predicted molar refractivity (Wildman–Crippen MR) is 96.4 cm³/mol. The van der Waals surface area contributed by atoms with E-state index in [1.807, 2.05) is 16.7 Å². The fourth-order valence-corrected chi connectivity index (χ4v) is 4.63. The van der Waals surface area contributed by atoms with Crippen LogP contribution in [0.1, 0.15) is 32.1 Å². The number of alkyl halides is 2. The van der Waals surface area contributed by atoms with Crippen molar-refractivity contribution in [2.24, 2.45) is 5.92 Å². The van der Waals surface area contributed by atoms with Crippen LogP contribution in [-0.4, -0.2) is 65.9 Å². The number of thioether (sulfide) groups is 1. The van der Waals surface area contributed by atoms with Gasteiger partial charge >= 0.3 is 0 Å². The molecule has 0 spiro atoms. The fourth-order valence-electron chi connectivity index (χ4n) is 3.73. The summed E-state index contributed by atoms with van der Waals surface area (Å²) in [7, 11) is 0. The van der Waals surface area contributed by atoms with Gasteiger partial charge in [0.2, 0.25) is 11.8 Å². The third kappa shape index (κ3) is 5.44. The number of carbonyl (C=O) groups is 2. The van der Waals surface area contributed by atoms with Gasteiger partial charge in [-0.2, -0.15) is 11.8 Å². The lowest BCUT2D eigenvalue weighted by Gasteiger charge is -2.34. The highest BCUT2D eigenvalue weighted by atomic mass is 35.5. The molecule has 1 unspecified atom stereocenters. The van der Waals surface area contributed by atoms with Crippen molar-refractivity contribution in [2.45, 2.75) is 50.1 Å². The van der Waals surface area contributed by atoms with Crippen LogP contribution in [0.5, 0.6) is 0 Å². The van der Waals surface area contributed by atoms with Gasteiger partial charge < -0.3 is 10.2 Å². The summed E-state index contributed by atoms with van der Waals surface area (Å²) in [5.41, 5.74) is 0. The number of halogens is 3. The van der Waals surface area contributed by atoms with Gasteiger partial charge in [-0.3, -0.25) is 14.9 Å². The molecule has 2 N–H and O–H groups in total. The lowest BCUT2D eigenvalue weighted by atomic mass is 9.85. The van der Waals surface area contributed by atoms with Crippen LogP contribution in [-0.2, 0) is 9.59 Å². The summed E-state index contributed by atoms with van der Waals surface area (Å²) in [6, 6.07) is -0.806. The second-order valence-corrected chi connectivity index (χ2v) is 8.21. The van der Waals surface area contributed by atoms with Gasteiger partial charge in [0.1, 0.15) is 0 Å². The minimum atomic E-state index is -2.79. The molecule has 0 aromatic rings. The Kier molecular flexibility index (Phi) is 7.34. The van der Waals surface area contributed by atoms with E-state index in [4.69, 9.17) is 0 Å². The van der Waals surface area contributed by atoms with Crippen LogP contribution in [0, 0.1) is 5.92 Å². The molecule has 1 saturated carbocycles. The Labute approximate surface area is 157 Å². The van der Waals surface area contributed by atoms with Gasteiger partial charge in [-0.1, -0.05) is 0 Å². The van der Waals surface area contributed by atoms with Gasteiger partial charge in [-0.25, -0.2) is 8.78 Å². The summed E-state index contributed by atoms with van der Waals surface area (Å²) in [6.07, 6.45) is 2.59. The molecule has 0 bridgehead atoms. The average molecular weight is 398 g/mol. The van der Waals surface area contributed by atoms with Gasteiger partial charge in [-0.15, -0.1) is 12.4 Å². The maximum atomic E-state index is 13.2. The second-order valence-electron chi connectivity index (χ2n) is 6.99. The van der Waals surface area contributed by atoms with E-state index in [-0.39, 0.29) is 36.2 Å². The molecule has 0 aromatic carbocycles. The first-order chi connectivity index (χ1) is 11.4. The van der Waals surface area contributed by atoms with E-state index in [9.17, 15) is 18.4 Å². The molecular formula is C16H26ClF2N3O2S. The number of hydrogen-bond acceptors (Lipinski definition) is 4. The Hall–Kier alpha value is -0.600. The van der Waals surface area contributed by atoms with E-state index < -0.39 is 24.9 Å². The van der Waals surface area contributed by atoms with Crippen molar-refractivity contribution < 1.29 is 18.4 Å². The van der Waals surface area contributed by atoms with E-state index in [0.717, 1.165) is 50.3 Å². The van der Waals surface area contributed by atoms with Crippen molar-refractivity contribution in [1.29, 1.82) is 0 Å². The number of carbonyl (C=O) groups excluding carboxylic acids is 2. The van der Waals surface area contributed by atoms with Crippen molar-refractivity contribution in [2.75, 3.05) is 31.1 Å². The van der Waals surface area contributed by atoms with Crippen molar-refractivity contribution in [3.63, 3.8) is 0 Å². The molecule has 0 aromatic heterocycles. The van der Waals surface area contributed by atoms with Crippen LogP contribution in [0.15, 0.2) is 0 Å². The highest BCUT2D eigenvalue weighted by Crippen LogP contribution is 2.28. The number of nitrogens with one attached hydrogen (secondary N) is 2. The van der Waals surface area contributed by atoms with Gasteiger partial charge in [0.25, 0.3) is 5.92 Å². The monoisotopic (exact) mass is 397 g/mol. The number of rotatable bonds is 3. The van der Waals surface area contributed by atoms with E-state index in [1.165, 1.54) is 0 Å². The average Bonchev–Trinajstić information content (AvgIpc) is 2.96. The van der Waals surface area contributed by atoms with E-state index >= 15 is 0 Å². The van der Waals surface area contributed by atoms with Crippen molar-refractivity contribution in [3.8, 4) is 0 Å². The minimum Gasteiger partial charge on any atom is -0.352 e.